The maximum absolute atomic E-state index is 12.4. The molecule has 20 nitrogen and oxygen atoms in total. The van der Waals surface area contributed by atoms with Gasteiger partial charge in [-0.1, -0.05) is 23.6 Å². The number of unbranched alkanes of at least 4 members (excludes halogenated alkanes) is 3. The Kier molecular flexibility index (Phi) is 28.0. The molecule has 55 heavy (non-hydrogen) atoms. The Balaban J connectivity index is 1.52. The zero-order chi connectivity index (χ0) is 39.7. The third kappa shape index (κ3) is 24.9. The first kappa shape index (κ1) is 48.0. The Hall–Kier alpha value is -3.10. The zero-order valence-electron chi connectivity index (χ0n) is 32.3. The molecule has 2 heterocycles. The minimum Gasteiger partial charge on any atom is -0.379 e. The molecule has 2 aliphatic rings. The summed E-state index contributed by atoms with van der Waals surface area (Å²) in [6, 6.07) is 0.356. The molecular formula is C34H62N10O10S. The Morgan fingerprint density at radius 1 is 0.727 bits per heavy atom. The predicted molar refractivity (Wildman–Crippen MR) is 206 cm³/mol. The van der Waals surface area contributed by atoms with Gasteiger partial charge < -0.3 is 54.4 Å². The van der Waals surface area contributed by atoms with E-state index in [4.69, 9.17) is 44.2 Å². The van der Waals surface area contributed by atoms with Gasteiger partial charge in [0.1, 0.15) is 6.61 Å². The largest absolute Gasteiger partial charge is 0.379 e. The lowest BCUT2D eigenvalue weighted by Gasteiger charge is -2.29. The van der Waals surface area contributed by atoms with E-state index in [1.54, 1.807) is 0 Å². The number of amides is 4. The van der Waals surface area contributed by atoms with E-state index < -0.39 is 5.41 Å². The van der Waals surface area contributed by atoms with Crippen LogP contribution in [0.2, 0.25) is 0 Å². The second-order valence-electron chi connectivity index (χ2n) is 13.4. The van der Waals surface area contributed by atoms with E-state index >= 15 is 0 Å². The van der Waals surface area contributed by atoms with E-state index in [2.05, 4.69) is 41.3 Å². The van der Waals surface area contributed by atoms with E-state index in [9.17, 15) is 14.4 Å². The third-order valence-corrected chi connectivity index (χ3v) is 9.96. The normalized spacial score (nSPS) is 18.3. The van der Waals surface area contributed by atoms with Crippen molar-refractivity contribution in [1.29, 1.82) is 0 Å². The van der Waals surface area contributed by atoms with Gasteiger partial charge >= 0.3 is 6.03 Å². The minimum atomic E-state index is -0.537. The summed E-state index contributed by atoms with van der Waals surface area (Å²) >= 11 is 1.89. The first-order chi connectivity index (χ1) is 26.9. The molecule has 2 fully saturated rings. The highest BCUT2D eigenvalue weighted by molar-refractivity contribution is 8.00. The molecule has 0 aromatic heterocycles. The first-order valence-electron chi connectivity index (χ1n) is 19.1. The van der Waals surface area contributed by atoms with Gasteiger partial charge in [0, 0.05) is 58.8 Å². The summed E-state index contributed by atoms with van der Waals surface area (Å²) in [6.45, 7) is 8.07. The fourth-order valence-electron chi connectivity index (χ4n) is 5.63. The number of nitrogens with one attached hydrogen (secondary N) is 4. The van der Waals surface area contributed by atoms with Crippen LogP contribution in [0.4, 0.5) is 4.79 Å². The SMILES string of the molecule is CC(COCCOCCOCCN=[N+]=[N-])(COCCOCCOCCN=[N+]=[N-])COCC(=O)NCCCCCNC(=O)CCCC[C@@H]1SC[C@@H]2NC(=O)N[C@@H]21. The van der Waals surface area contributed by atoms with E-state index in [-0.39, 0.29) is 56.2 Å². The predicted octanol–water partition coefficient (Wildman–Crippen LogP) is 2.86. The number of rotatable bonds is 37. The van der Waals surface area contributed by atoms with Crippen molar-refractivity contribution in [2.24, 2.45) is 15.6 Å². The third-order valence-electron chi connectivity index (χ3n) is 8.45. The van der Waals surface area contributed by atoms with Crippen LogP contribution >= 0.6 is 11.8 Å². The second kappa shape index (κ2) is 32.0. The Bertz CT molecular complexity index is 1130. The molecule has 0 aromatic rings. The van der Waals surface area contributed by atoms with Crippen molar-refractivity contribution >= 4 is 29.6 Å². The van der Waals surface area contributed by atoms with Gasteiger partial charge in [0.05, 0.1) is 98.0 Å². The Morgan fingerprint density at radius 3 is 1.84 bits per heavy atom. The van der Waals surface area contributed by atoms with Crippen molar-refractivity contribution in [3.05, 3.63) is 20.9 Å². The highest BCUT2D eigenvalue weighted by atomic mass is 32.2. The quantitative estimate of drug-likeness (QED) is 0.0233. The van der Waals surface area contributed by atoms with Gasteiger partial charge in [-0.3, -0.25) is 9.59 Å². The van der Waals surface area contributed by atoms with Crippen LogP contribution in [0.5, 0.6) is 0 Å². The summed E-state index contributed by atoms with van der Waals surface area (Å²) in [4.78, 5) is 41.5. The molecule has 4 N–H and O–H groups in total. The highest BCUT2D eigenvalue weighted by Gasteiger charge is 2.42. The molecule has 0 radical (unpaired) electrons. The van der Waals surface area contributed by atoms with E-state index in [1.165, 1.54) is 0 Å². The van der Waals surface area contributed by atoms with Gasteiger partial charge in [0.15, 0.2) is 0 Å². The van der Waals surface area contributed by atoms with Crippen LogP contribution < -0.4 is 21.3 Å². The molecule has 0 aromatic carbocycles. The number of carbonyl (C=O) groups excluding carboxylic acids is 3. The molecular weight excluding hydrogens is 741 g/mol. The van der Waals surface area contributed by atoms with Crippen LogP contribution in [-0.4, -0.2) is 160 Å². The van der Waals surface area contributed by atoms with Crippen LogP contribution in [-0.2, 0) is 42.7 Å². The number of carbonyl (C=O) groups is 3. The molecule has 0 aliphatic carbocycles. The molecule has 21 heteroatoms. The number of fused-ring (bicyclic) bond motifs is 1. The summed E-state index contributed by atoms with van der Waals surface area (Å²) in [5, 5.41) is 19.0. The van der Waals surface area contributed by atoms with Crippen molar-refractivity contribution in [2.45, 2.75) is 69.2 Å². The van der Waals surface area contributed by atoms with Crippen molar-refractivity contribution in [1.82, 2.24) is 21.3 Å². The molecule has 0 saturated carbocycles. The number of hydrogen-bond acceptors (Lipinski definition) is 13. The zero-order valence-corrected chi connectivity index (χ0v) is 33.1. The number of urea groups is 1. The molecule has 2 saturated heterocycles. The Labute approximate surface area is 328 Å². The average molecular weight is 803 g/mol. The molecule has 2 aliphatic heterocycles. The van der Waals surface area contributed by atoms with Crippen LogP contribution in [0.25, 0.3) is 20.9 Å². The number of azide groups is 2. The minimum absolute atomic E-state index is 0.0614. The fourth-order valence-corrected chi connectivity index (χ4v) is 7.17. The maximum atomic E-state index is 12.4. The van der Waals surface area contributed by atoms with Crippen molar-refractivity contribution in [3.8, 4) is 0 Å². The molecule has 2 rings (SSSR count). The lowest BCUT2D eigenvalue weighted by atomic mass is 9.94. The van der Waals surface area contributed by atoms with E-state index in [0.717, 1.165) is 44.3 Å². The van der Waals surface area contributed by atoms with E-state index in [1.807, 2.05) is 18.7 Å². The summed E-state index contributed by atoms with van der Waals surface area (Å²) in [5.74, 6) is 0.797. The van der Waals surface area contributed by atoms with Crippen LogP contribution in [0.15, 0.2) is 10.2 Å². The van der Waals surface area contributed by atoms with Crippen molar-refractivity contribution < 1.29 is 47.5 Å². The van der Waals surface area contributed by atoms with Crippen LogP contribution in [0, 0.1) is 5.41 Å². The number of thioether (sulfide) groups is 1. The Morgan fingerprint density at radius 2 is 1.25 bits per heavy atom. The van der Waals surface area contributed by atoms with Crippen molar-refractivity contribution in [2.75, 3.05) is 124 Å². The van der Waals surface area contributed by atoms with E-state index in [0.29, 0.717) is 104 Å². The van der Waals surface area contributed by atoms with Crippen LogP contribution in [0.1, 0.15) is 51.9 Å². The monoisotopic (exact) mass is 802 g/mol. The van der Waals surface area contributed by atoms with Gasteiger partial charge in [-0.2, -0.15) is 11.8 Å². The van der Waals surface area contributed by atoms with Gasteiger partial charge in [-0.15, -0.1) is 0 Å². The van der Waals surface area contributed by atoms with Gasteiger partial charge in [0.2, 0.25) is 11.8 Å². The fraction of sp³-hybridized carbons (Fsp3) is 0.912. The molecule has 0 spiro atoms. The smallest absolute Gasteiger partial charge is 0.315 e. The average Bonchev–Trinajstić information content (AvgIpc) is 3.73. The molecule has 0 unspecified atom stereocenters. The first-order valence-corrected chi connectivity index (χ1v) is 20.2. The number of hydrogen-bond donors (Lipinski definition) is 4. The number of nitrogens with zero attached hydrogens (tertiary/aromatic N) is 6. The highest BCUT2D eigenvalue weighted by Crippen LogP contribution is 2.33. The van der Waals surface area contributed by atoms with Gasteiger partial charge in [-0.25, -0.2) is 4.79 Å². The topological polar surface area (TPSA) is 261 Å². The van der Waals surface area contributed by atoms with Gasteiger partial charge in [-0.05, 0) is 43.2 Å². The lowest BCUT2D eigenvalue weighted by Crippen LogP contribution is -2.37. The molecule has 4 amide bonds. The maximum Gasteiger partial charge on any atom is 0.315 e. The summed E-state index contributed by atoms with van der Waals surface area (Å²) < 4.78 is 39.1. The van der Waals surface area contributed by atoms with Gasteiger partial charge in [0.25, 0.3) is 0 Å². The molecule has 3 atom stereocenters. The standard InChI is InChI=1S/C34H62N10O10S/c1-34(25-52-21-19-50-17-15-48-13-11-39-43-35,26-53-22-20-51-18-16-49-14-12-40-44-36)27-54-23-31(46)38-10-6-2-5-9-37-30(45)8-4-3-7-29-32-28(24-55-29)41-33(47)42-32/h28-29,32H,2-27H2,1H3,(H,37,45)(H,38,46)(H2,41,42,47)/t28-,29-,32-/m0/s1. The number of ether oxygens (including phenoxy) is 7. The summed E-state index contributed by atoms with van der Waals surface area (Å²) in [6.07, 6.45) is 5.79. The molecule has 314 valence electrons. The lowest BCUT2D eigenvalue weighted by molar-refractivity contribution is -0.129. The van der Waals surface area contributed by atoms with Crippen LogP contribution in [0.3, 0.4) is 0 Å². The molecule has 0 bridgehead atoms. The van der Waals surface area contributed by atoms with Crippen molar-refractivity contribution in [3.63, 3.8) is 0 Å². The summed E-state index contributed by atoms with van der Waals surface area (Å²) in [5.41, 5.74) is 16.0. The second-order valence-corrected chi connectivity index (χ2v) is 14.7. The summed E-state index contributed by atoms with van der Waals surface area (Å²) in [7, 11) is 0.